The van der Waals surface area contributed by atoms with Crippen LogP contribution in [0, 0.1) is 14.2 Å². The normalized spacial score (nSPS) is 14.6. The Kier molecular flexibility index (Phi) is 20.0. The molecule has 0 aromatic heterocycles. The van der Waals surface area contributed by atoms with Crippen molar-refractivity contribution < 1.29 is 43.8 Å². The quantitative estimate of drug-likeness (QED) is 0.117. The summed E-state index contributed by atoms with van der Waals surface area (Å²) < 4.78 is 46.2. The second-order valence-electron chi connectivity index (χ2n) is 13.9. The predicted octanol–water partition coefficient (Wildman–Crippen LogP) is 6.49. The van der Waals surface area contributed by atoms with Gasteiger partial charge in [0.05, 0.1) is 0 Å². The monoisotopic (exact) mass is 1000 g/mol. The van der Waals surface area contributed by atoms with Crippen molar-refractivity contribution in [3.8, 4) is 0 Å². The summed E-state index contributed by atoms with van der Waals surface area (Å²) in [7, 11) is -11.9. The summed E-state index contributed by atoms with van der Waals surface area (Å²) in [5, 5.41) is 0. The van der Waals surface area contributed by atoms with E-state index in [1.165, 1.54) is 0 Å². The molecule has 0 fully saturated rings. The zero-order chi connectivity index (χ0) is 33.9. The van der Waals surface area contributed by atoms with E-state index in [-0.39, 0.29) is 0 Å². The van der Waals surface area contributed by atoms with E-state index in [9.17, 15) is 9.59 Å². The summed E-state index contributed by atoms with van der Waals surface area (Å²) in [6.45, 7) is 32.4. The largest absolute Gasteiger partial charge is 0.552 e. The molecule has 19 heteroatoms. The first-order valence-electron chi connectivity index (χ1n) is 14.1. The molecule has 0 aromatic rings. The molecule has 0 aliphatic heterocycles. The van der Waals surface area contributed by atoms with Crippen molar-refractivity contribution >= 4 is 68.0 Å². The van der Waals surface area contributed by atoms with Crippen LogP contribution in [0.15, 0.2) is 23.6 Å². The number of hydrogen-bond acceptors (Lipinski definition) is 10. The van der Waals surface area contributed by atoms with Crippen LogP contribution in [0.1, 0.15) is 0 Å². The molecule has 0 radical (unpaired) electrons. The van der Waals surface area contributed by atoms with Gasteiger partial charge in [0.1, 0.15) is 0 Å². The van der Waals surface area contributed by atoms with Crippen LogP contribution in [-0.4, -0.2) is 90.8 Å². The van der Waals surface area contributed by atoms with Crippen LogP contribution in [0.4, 0.5) is 0 Å². The van der Waals surface area contributed by atoms with E-state index in [0.717, 1.165) is 0 Å². The molecule has 0 bridgehead atoms. The van der Waals surface area contributed by atoms with E-state index in [0.29, 0.717) is 13.2 Å². The Labute approximate surface area is 266 Å². The Hall–Kier alpha value is -0.185. The van der Waals surface area contributed by atoms with Crippen LogP contribution in [0.2, 0.25) is 105 Å². The summed E-state index contributed by atoms with van der Waals surface area (Å²) in [6.07, 6.45) is 3.87. The SMILES string of the molecule is [CH2-]OC/C=C/[Si](C)(C)O[Si](C)(C)O[Si](C)(C)O[Si](C)(C)O.[CH2-]OC/C=C/[Si](C)(C)O[Si](C)(C)O[Si](C)(C)O[Si](C)(C)O.[Rf]. The van der Waals surface area contributed by atoms with Crippen molar-refractivity contribution in [2.24, 2.45) is 0 Å². The molecule has 0 aromatic carbocycles. The minimum absolute atomic E-state index is 0. The summed E-state index contributed by atoms with van der Waals surface area (Å²) in [4.78, 5) is 19.9. The van der Waals surface area contributed by atoms with E-state index >= 15 is 0 Å². The van der Waals surface area contributed by atoms with Gasteiger partial charge in [-0.3, -0.25) is 0 Å². The molecule has 43 heavy (non-hydrogen) atoms. The van der Waals surface area contributed by atoms with Crippen molar-refractivity contribution in [3.05, 3.63) is 37.8 Å². The Morgan fingerprint density at radius 2 is 0.674 bits per heavy atom. The molecule has 254 valence electrons. The van der Waals surface area contributed by atoms with Crippen molar-refractivity contribution in [1.82, 2.24) is 0 Å². The molecule has 0 saturated heterocycles. The van der Waals surface area contributed by atoms with Crippen LogP contribution >= 0.6 is 0 Å². The maximum absolute atomic E-state index is 9.95. The molecule has 0 heterocycles. The molecule has 0 atom stereocenters. The fourth-order valence-corrected chi connectivity index (χ4v) is 37.9. The summed E-state index contributed by atoms with van der Waals surface area (Å²) in [6, 6.07) is 0. The molecule has 0 aliphatic carbocycles. The van der Waals surface area contributed by atoms with Gasteiger partial charge in [-0.15, -0.1) is 0 Å². The molecule has 0 spiro atoms. The van der Waals surface area contributed by atoms with Gasteiger partial charge < -0.3 is 43.8 Å². The van der Waals surface area contributed by atoms with Crippen LogP contribution in [0.3, 0.4) is 0 Å². The van der Waals surface area contributed by atoms with Gasteiger partial charge in [0.2, 0.25) is 0 Å². The van der Waals surface area contributed by atoms with Gasteiger partial charge in [0.15, 0.2) is 16.6 Å². The van der Waals surface area contributed by atoms with Gasteiger partial charge in [-0.25, -0.2) is 14.2 Å². The third-order valence-electron chi connectivity index (χ3n) is 4.46. The maximum atomic E-state index is 9.95. The molecule has 10 nitrogen and oxygen atoms in total. The minimum atomic E-state index is -2.60. The second-order valence-corrected chi connectivity index (χ2v) is 42.8. The Morgan fingerprint density at radius 3 is 0.884 bits per heavy atom. The minimum Gasteiger partial charge on any atom is -0.552 e. The summed E-state index contributed by atoms with van der Waals surface area (Å²) >= 11 is 0. The third kappa shape index (κ3) is 29.0. The molecule has 0 unspecified atom stereocenters. The number of rotatable bonds is 18. The fourth-order valence-electron chi connectivity index (χ4n) is 4.61. The topological polar surface area (TPSA) is 114 Å². The molecule has 0 aliphatic rings. The fraction of sp³-hybridized carbons (Fsp3) is 0.750. The van der Waals surface area contributed by atoms with E-state index in [2.05, 4.69) is 51.8 Å². The second kappa shape index (κ2) is 18.2. The van der Waals surface area contributed by atoms with Crippen LogP contribution in [-0.2, 0) is 34.2 Å². The first-order valence-corrected chi connectivity index (χ1v) is 37.1. The molecule has 0 rings (SSSR count). The average Bonchev–Trinajstić information content (AvgIpc) is 2.60. The smallest absolute Gasteiger partial charge is 0.320 e. The molecule has 0 saturated carbocycles. The van der Waals surface area contributed by atoms with Gasteiger partial charge in [0, 0.05) is 13.2 Å². The first kappa shape index (κ1) is 47.2. The van der Waals surface area contributed by atoms with Crippen molar-refractivity contribution in [2.45, 2.75) is 105 Å². The molecular formula is C24H62O10RfSi8-2. The average molecular weight is 1000 g/mol. The van der Waals surface area contributed by atoms with Gasteiger partial charge in [-0.2, -0.15) is 0 Å². The van der Waals surface area contributed by atoms with Gasteiger partial charge in [-0.1, -0.05) is 23.6 Å². The van der Waals surface area contributed by atoms with E-state index in [1.807, 2.05) is 64.5 Å². The van der Waals surface area contributed by atoms with Crippen molar-refractivity contribution in [1.29, 1.82) is 0 Å². The third-order valence-corrected chi connectivity index (χ3v) is 30.5. The summed E-state index contributed by atoms with van der Waals surface area (Å²) in [5.74, 6) is 0. The molecular weight excluding hydrogens is 940 g/mol. The maximum Gasteiger partial charge on any atom is 0.320 e. The Morgan fingerprint density at radius 1 is 0.442 bits per heavy atom. The zero-order valence-corrected chi connectivity index (χ0v) is 44.4. The number of ether oxygens (including phenoxy) is 2. The van der Waals surface area contributed by atoms with Crippen LogP contribution in [0.5, 0.6) is 0 Å². The van der Waals surface area contributed by atoms with Crippen molar-refractivity contribution in [3.63, 3.8) is 0 Å². The van der Waals surface area contributed by atoms with Gasteiger partial charge in [0.25, 0.3) is 0 Å². The summed E-state index contributed by atoms with van der Waals surface area (Å²) in [5.41, 5.74) is 4.16. The van der Waals surface area contributed by atoms with E-state index in [4.69, 9.17) is 34.2 Å². The Bertz CT molecular complexity index is 775. The van der Waals surface area contributed by atoms with Gasteiger partial charge in [-0.05, 0) is 105 Å². The number of hydrogen-bond donors (Lipinski definition) is 2. The zero-order valence-electron chi connectivity index (χ0n) is 30.0. The van der Waals surface area contributed by atoms with E-state index < -0.39 is 68.0 Å². The van der Waals surface area contributed by atoms with E-state index in [1.54, 1.807) is 26.2 Å². The standard InChI is InChI=1S/2C12H31O5Si4.Rf/c2*1-14-11-10-12-18(2,3)15-20(6,7)17-21(8,9)16-19(4,5)13;/h2*10,12-13H,1,11H2,2-9H3;/q2*-1;/b2*12-10+;. The Balaban J connectivity index is -0.000000727. The van der Waals surface area contributed by atoms with Crippen LogP contribution in [0.25, 0.3) is 0 Å². The van der Waals surface area contributed by atoms with Gasteiger partial charge >= 0.3 is 51.4 Å². The molecule has 0 amide bonds. The van der Waals surface area contributed by atoms with Crippen LogP contribution < -0.4 is 0 Å². The molecule has 2 N–H and O–H groups in total. The van der Waals surface area contributed by atoms with Crippen molar-refractivity contribution in [2.75, 3.05) is 13.2 Å². The first-order chi connectivity index (χ1) is 18.4. The predicted molar refractivity (Wildman–Crippen MR) is 192 cm³/mol.